The van der Waals surface area contributed by atoms with Crippen molar-refractivity contribution in [3.05, 3.63) is 29.8 Å². The summed E-state index contributed by atoms with van der Waals surface area (Å²) in [4.78, 5) is 0. The van der Waals surface area contributed by atoms with Crippen molar-refractivity contribution in [2.75, 3.05) is 24.9 Å². The Labute approximate surface area is 109 Å². The van der Waals surface area contributed by atoms with Crippen molar-refractivity contribution in [2.24, 2.45) is 5.92 Å². The van der Waals surface area contributed by atoms with Crippen molar-refractivity contribution in [1.29, 1.82) is 0 Å². The van der Waals surface area contributed by atoms with Gasteiger partial charge in [-0.3, -0.25) is 4.31 Å². The van der Waals surface area contributed by atoms with E-state index in [0.29, 0.717) is 12.5 Å². The fraction of sp³-hybridized carbons (Fsp3) is 0.538. The lowest BCUT2D eigenvalue weighted by Crippen LogP contribution is -2.39. The fourth-order valence-corrected chi connectivity index (χ4v) is 3.55. The topological polar surface area (TPSA) is 40.6 Å². The van der Waals surface area contributed by atoms with Crippen LogP contribution in [-0.2, 0) is 10.2 Å². The molecule has 1 unspecified atom stereocenters. The van der Waals surface area contributed by atoms with Gasteiger partial charge >= 0.3 is 10.2 Å². The minimum Gasteiger partial charge on any atom is -0.257 e. The third kappa shape index (κ3) is 2.01. The largest absolute Gasteiger partial charge is 0.303 e. The van der Waals surface area contributed by atoms with Gasteiger partial charge in [0.25, 0.3) is 0 Å². The molecular weight excluding hydrogens is 248 g/mol. The Balaban J connectivity index is 2.50. The average Bonchev–Trinajstić information content (AvgIpc) is 2.68. The van der Waals surface area contributed by atoms with Crippen LogP contribution >= 0.6 is 0 Å². The van der Waals surface area contributed by atoms with Crippen LogP contribution in [0, 0.1) is 5.92 Å². The van der Waals surface area contributed by atoms with E-state index in [4.69, 9.17) is 0 Å². The summed E-state index contributed by atoms with van der Waals surface area (Å²) in [6.45, 7) is 4.80. The van der Waals surface area contributed by atoms with Gasteiger partial charge in [0.05, 0.1) is 5.69 Å². The van der Waals surface area contributed by atoms with Crippen LogP contribution in [0.3, 0.4) is 0 Å². The Morgan fingerprint density at radius 2 is 1.89 bits per heavy atom. The Morgan fingerprint density at radius 3 is 2.44 bits per heavy atom. The third-order valence-electron chi connectivity index (χ3n) is 3.51. The molecule has 5 heteroatoms. The van der Waals surface area contributed by atoms with Crippen molar-refractivity contribution < 1.29 is 8.42 Å². The van der Waals surface area contributed by atoms with E-state index in [1.165, 1.54) is 8.61 Å². The summed E-state index contributed by atoms with van der Waals surface area (Å²) in [6.07, 6.45) is 0. The summed E-state index contributed by atoms with van der Waals surface area (Å²) in [5.41, 5.74) is 1.96. The van der Waals surface area contributed by atoms with E-state index in [2.05, 4.69) is 13.8 Å². The first-order valence-corrected chi connectivity index (χ1v) is 7.54. The SMILES string of the molecule is CC(C)C1CN(S(=O)(=O)N(C)C)c2ccccc21. The van der Waals surface area contributed by atoms with E-state index in [9.17, 15) is 8.42 Å². The molecule has 1 aliphatic heterocycles. The molecule has 0 bridgehead atoms. The van der Waals surface area contributed by atoms with Gasteiger partial charge in [-0.15, -0.1) is 0 Å². The minimum atomic E-state index is -3.39. The quantitative estimate of drug-likeness (QED) is 0.842. The molecule has 0 saturated heterocycles. The second-order valence-electron chi connectivity index (χ2n) is 5.23. The highest BCUT2D eigenvalue weighted by Crippen LogP contribution is 2.41. The van der Waals surface area contributed by atoms with E-state index in [1.54, 1.807) is 14.1 Å². The number of anilines is 1. The highest BCUT2D eigenvalue weighted by atomic mass is 32.2. The molecule has 0 fully saturated rings. The number of rotatable bonds is 3. The first kappa shape index (κ1) is 13.4. The Hall–Kier alpha value is -1.07. The molecule has 0 saturated carbocycles. The molecule has 0 spiro atoms. The van der Waals surface area contributed by atoms with Crippen LogP contribution in [0.2, 0.25) is 0 Å². The van der Waals surface area contributed by atoms with Gasteiger partial charge in [0.2, 0.25) is 0 Å². The lowest BCUT2D eigenvalue weighted by Gasteiger charge is -2.24. The zero-order valence-electron chi connectivity index (χ0n) is 11.3. The molecule has 0 aromatic heterocycles. The molecule has 1 atom stereocenters. The summed E-state index contributed by atoms with van der Waals surface area (Å²) >= 11 is 0. The normalized spacial score (nSPS) is 19.7. The Morgan fingerprint density at radius 1 is 1.28 bits per heavy atom. The molecule has 2 rings (SSSR count). The highest BCUT2D eigenvalue weighted by Gasteiger charge is 2.37. The van der Waals surface area contributed by atoms with Crippen molar-refractivity contribution >= 4 is 15.9 Å². The van der Waals surface area contributed by atoms with E-state index < -0.39 is 10.2 Å². The van der Waals surface area contributed by atoms with Gasteiger partial charge in [-0.25, -0.2) is 0 Å². The summed E-state index contributed by atoms with van der Waals surface area (Å²) in [7, 11) is -0.250. The Kier molecular flexibility index (Phi) is 3.38. The van der Waals surface area contributed by atoms with E-state index in [1.807, 2.05) is 24.3 Å². The lowest BCUT2D eigenvalue weighted by atomic mass is 9.90. The predicted molar refractivity (Wildman–Crippen MR) is 74.0 cm³/mol. The number of benzene rings is 1. The highest BCUT2D eigenvalue weighted by molar-refractivity contribution is 7.90. The van der Waals surface area contributed by atoms with Crippen molar-refractivity contribution in [1.82, 2.24) is 4.31 Å². The number of nitrogens with zero attached hydrogens (tertiary/aromatic N) is 2. The van der Waals surface area contributed by atoms with Crippen molar-refractivity contribution in [2.45, 2.75) is 19.8 Å². The van der Waals surface area contributed by atoms with Crippen LogP contribution in [0.4, 0.5) is 5.69 Å². The third-order valence-corrected chi connectivity index (χ3v) is 5.34. The zero-order chi connectivity index (χ0) is 13.5. The zero-order valence-corrected chi connectivity index (χ0v) is 12.1. The summed E-state index contributed by atoms with van der Waals surface area (Å²) < 4.78 is 27.4. The van der Waals surface area contributed by atoms with E-state index in [-0.39, 0.29) is 5.92 Å². The number of hydrogen-bond donors (Lipinski definition) is 0. The van der Waals surface area contributed by atoms with Crippen LogP contribution in [-0.4, -0.2) is 33.4 Å². The van der Waals surface area contributed by atoms with Crippen LogP contribution in [0.25, 0.3) is 0 Å². The number of fused-ring (bicyclic) bond motifs is 1. The first-order chi connectivity index (χ1) is 8.35. The van der Waals surface area contributed by atoms with Crippen LogP contribution in [0.5, 0.6) is 0 Å². The maximum absolute atomic E-state index is 12.3. The van der Waals surface area contributed by atoms with Gasteiger partial charge in [0.1, 0.15) is 0 Å². The predicted octanol–water partition coefficient (Wildman–Crippen LogP) is 2.05. The van der Waals surface area contributed by atoms with Crippen molar-refractivity contribution in [3.63, 3.8) is 0 Å². The molecule has 1 aromatic carbocycles. The monoisotopic (exact) mass is 268 g/mol. The van der Waals surface area contributed by atoms with Crippen LogP contribution < -0.4 is 4.31 Å². The summed E-state index contributed by atoms with van der Waals surface area (Å²) in [5, 5.41) is 0. The number of hydrogen-bond acceptors (Lipinski definition) is 2. The van der Waals surface area contributed by atoms with Crippen LogP contribution in [0.15, 0.2) is 24.3 Å². The first-order valence-electron chi connectivity index (χ1n) is 6.15. The molecule has 1 aliphatic rings. The smallest absolute Gasteiger partial charge is 0.257 e. The molecule has 0 N–H and O–H groups in total. The minimum absolute atomic E-state index is 0.274. The molecular formula is C13H20N2O2S. The van der Waals surface area contributed by atoms with Gasteiger partial charge in [-0.05, 0) is 17.5 Å². The summed E-state index contributed by atoms with van der Waals surface area (Å²) in [5.74, 6) is 0.699. The molecule has 0 aliphatic carbocycles. The van der Waals surface area contributed by atoms with Crippen molar-refractivity contribution in [3.8, 4) is 0 Å². The Bertz CT molecular complexity index is 538. The molecule has 18 heavy (non-hydrogen) atoms. The van der Waals surface area contributed by atoms with Gasteiger partial charge in [0.15, 0.2) is 0 Å². The maximum Gasteiger partial charge on any atom is 0.303 e. The van der Waals surface area contributed by atoms with E-state index in [0.717, 1.165) is 11.3 Å². The second kappa shape index (κ2) is 4.55. The van der Waals surface area contributed by atoms with E-state index >= 15 is 0 Å². The van der Waals surface area contributed by atoms with Gasteiger partial charge in [-0.1, -0.05) is 32.0 Å². The molecule has 1 aromatic rings. The number of para-hydroxylation sites is 1. The summed E-state index contributed by atoms with van der Waals surface area (Å²) in [6, 6.07) is 7.78. The molecule has 100 valence electrons. The standard InChI is InChI=1S/C13H20N2O2S/c1-10(2)12-9-15(18(16,17)14(3)4)13-8-6-5-7-11(12)13/h5-8,10,12H,9H2,1-4H3. The average molecular weight is 268 g/mol. The van der Waals surface area contributed by atoms with Gasteiger partial charge in [-0.2, -0.15) is 12.7 Å². The molecule has 1 heterocycles. The molecule has 0 radical (unpaired) electrons. The molecule has 4 nitrogen and oxygen atoms in total. The maximum atomic E-state index is 12.3. The van der Waals surface area contributed by atoms with Gasteiger partial charge < -0.3 is 0 Å². The molecule has 0 amide bonds. The van der Waals surface area contributed by atoms with Gasteiger partial charge in [0, 0.05) is 26.6 Å². The van der Waals surface area contributed by atoms with Crippen LogP contribution in [0.1, 0.15) is 25.3 Å². The fourth-order valence-electron chi connectivity index (χ4n) is 2.39. The lowest BCUT2D eigenvalue weighted by molar-refractivity contribution is 0.498. The second-order valence-corrected chi connectivity index (χ2v) is 7.30.